The number of nitrogens with one attached hydrogen (secondary N) is 2. The van der Waals surface area contributed by atoms with Gasteiger partial charge in [0.05, 0.1) is 6.20 Å². The van der Waals surface area contributed by atoms with E-state index >= 15 is 0 Å². The maximum atomic E-state index is 11.7. The summed E-state index contributed by atoms with van der Waals surface area (Å²) in [5.74, 6) is 0.720. The third kappa shape index (κ3) is 3.45. The second-order valence-electron chi connectivity index (χ2n) is 4.32. The zero-order valence-corrected chi connectivity index (χ0v) is 10.4. The molecule has 0 saturated heterocycles. The Morgan fingerprint density at radius 2 is 2.11 bits per heavy atom. The highest BCUT2D eigenvalue weighted by Gasteiger charge is 2.05. The van der Waals surface area contributed by atoms with Gasteiger partial charge in [-0.2, -0.15) is 5.10 Å². The summed E-state index contributed by atoms with van der Waals surface area (Å²) < 4.78 is 0. The minimum atomic E-state index is 0.0262. The highest BCUT2D eigenvalue weighted by molar-refractivity contribution is 5.90. The zero-order valence-electron chi connectivity index (χ0n) is 10.4. The summed E-state index contributed by atoms with van der Waals surface area (Å²) in [5.41, 5.74) is 2.22. The van der Waals surface area contributed by atoms with Gasteiger partial charge in [0.1, 0.15) is 5.82 Å². The van der Waals surface area contributed by atoms with Gasteiger partial charge in [-0.1, -0.05) is 30.3 Å². The molecular weight excluding hydrogens is 226 g/mol. The fraction of sp³-hybridized carbons (Fsp3) is 0.286. The molecule has 2 aromatic rings. The second-order valence-corrected chi connectivity index (χ2v) is 4.32. The molecule has 1 aromatic carbocycles. The number of benzene rings is 1. The Hall–Kier alpha value is -2.10. The largest absolute Gasteiger partial charge is 0.311 e. The normalized spacial score (nSPS) is 10.3. The number of aromatic nitrogens is 2. The lowest BCUT2D eigenvalue weighted by atomic mass is 10.1. The van der Waals surface area contributed by atoms with Crippen molar-refractivity contribution in [1.29, 1.82) is 0 Å². The fourth-order valence-corrected chi connectivity index (χ4v) is 1.77. The van der Waals surface area contributed by atoms with Gasteiger partial charge in [-0.15, -0.1) is 0 Å². The molecule has 0 fully saturated rings. The number of anilines is 1. The van der Waals surface area contributed by atoms with Gasteiger partial charge in [-0.3, -0.25) is 9.89 Å². The Morgan fingerprint density at radius 1 is 1.33 bits per heavy atom. The summed E-state index contributed by atoms with van der Waals surface area (Å²) in [6.07, 6.45) is 3.99. The molecule has 0 saturated carbocycles. The van der Waals surface area contributed by atoms with Crippen LogP contribution in [0, 0.1) is 6.92 Å². The summed E-state index contributed by atoms with van der Waals surface area (Å²) in [6, 6.07) is 10.2. The van der Waals surface area contributed by atoms with Gasteiger partial charge < -0.3 is 5.32 Å². The third-order valence-electron chi connectivity index (χ3n) is 2.81. The van der Waals surface area contributed by atoms with Crippen LogP contribution >= 0.6 is 0 Å². The molecule has 2 rings (SSSR count). The van der Waals surface area contributed by atoms with Crippen LogP contribution < -0.4 is 5.32 Å². The molecule has 1 heterocycles. The summed E-state index contributed by atoms with van der Waals surface area (Å²) in [7, 11) is 0. The van der Waals surface area contributed by atoms with Crippen LogP contribution in [-0.4, -0.2) is 16.1 Å². The zero-order chi connectivity index (χ0) is 12.8. The molecule has 0 unspecified atom stereocenters. The highest BCUT2D eigenvalue weighted by atomic mass is 16.1. The lowest BCUT2D eigenvalue weighted by Gasteiger charge is -2.04. The lowest BCUT2D eigenvalue weighted by molar-refractivity contribution is -0.116. The molecule has 0 aliphatic heterocycles. The van der Waals surface area contributed by atoms with Crippen molar-refractivity contribution < 1.29 is 4.79 Å². The van der Waals surface area contributed by atoms with E-state index < -0.39 is 0 Å². The predicted molar refractivity (Wildman–Crippen MR) is 71.3 cm³/mol. The number of carbonyl (C=O) groups excluding carboxylic acids is 1. The Bertz CT molecular complexity index is 505. The molecule has 0 aliphatic rings. The van der Waals surface area contributed by atoms with Crippen molar-refractivity contribution in [3.8, 4) is 0 Å². The number of aryl methyl sites for hydroxylation is 2. The van der Waals surface area contributed by atoms with E-state index in [9.17, 15) is 4.79 Å². The van der Waals surface area contributed by atoms with Crippen LogP contribution in [0.1, 0.15) is 24.0 Å². The number of rotatable bonds is 5. The number of hydrogen-bond donors (Lipinski definition) is 2. The van der Waals surface area contributed by atoms with E-state index in [1.165, 1.54) is 5.56 Å². The molecule has 2 N–H and O–H groups in total. The number of aromatic amines is 1. The van der Waals surface area contributed by atoms with E-state index in [0.717, 1.165) is 18.4 Å². The van der Waals surface area contributed by atoms with Crippen molar-refractivity contribution in [3.63, 3.8) is 0 Å². The third-order valence-corrected chi connectivity index (χ3v) is 2.81. The Labute approximate surface area is 106 Å². The average molecular weight is 243 g/mol. The number of H-pyrrole nitrogens is 1. The number of amides is 1. The van der Waals surface area contributed by atoms with E-state index in [1.54, 1.807) is 6.20 Å². The van der Waals surface area contributed by atoms with Crippen LogP contribution in [0.15, 0.2) is 36.5 Å². The molecule has 0 bridgehead atoms. The summed E-state index contributed by atoms with van der Waals surface area (Å²) in [6.45, 7) is 1.91. The molecule has 0 radical (unpaired) electrons. The first-order valence-corrected chi connectivity index (χ1v) is 6.09. The van der Waals surface area contributed by atoms with Crippen molar-refractivity contribution >= 4 is 11.7 Å². The molecular formula is C14H17N3O. The number of hydrogen-bond acceptors (Lipinski definition) is 2. The maximum absolute atomic E-state index is 11.7. The maximum Gasteiger partial charge on any atom is 0.225 e. The fourth-order valence-electron chi connectivity index (χ4n) is 1.77. The van der Waals surface area contributed by atoms with Crippen LogP contribution in [0.5, 0.6) is 0 Å². The van der Waals surface area contributed by atoms with Crippen LogP contribution in [0.3, 0.4) is 0 Å². The van der Waals surface area contributed by atoms with Gasteiger partial charge in [-0.05, 0) is 25.3 Å². The Kier molecular flexibility index (Phi) is 4.12. The number of nitrogens with zero attached hydrogens (tertiary/aromatic N) is 1. The van der Waals surface area contributed by atoms with Crippen LogP contribution in [0.2, 0.25) is 0 Å². The first-order chi connectivity index (χ1) is 8.75. The van der Waals surface area contributed by atoms with Crippen LogP contribution in [0.4, 0.5) is 5.82 Å². The molecule has 18 heavy (non-hydrogen) atoms. The number of carbonyl (C=O) groups is 1. The molecule has 0 atom stereocenters. The molecule has 0 spiro atoms. The van der Waals surface area contributed by atoms with Crippen molar-refractivity contribution in [1.82, 2.24) is 10.2 Å². The summed E-state index contributed by atoms with van der Waals surface area (Å²) in [4.78, 5) is 11.7. The topological polar surface area (TPSA) is 57.8 Å². The average Bonchev–Trinajstić information content (AvgIpc) is 2.76. The Morgan fingerprint density at radius 3 is 2.78 bits per heavy atom. The molecule has 4 heteroatoms. The first-order valence-electron chi connectivity index (χ1n) is 6.09. The SMILES string of the molecule is Cc1cn[nH]c1NC(=O)CCCc1ccccc1. The van der Waals surface area contributed by atoms with Crippen molar-refractivity contribution in [2.75, 3.05) is 5.32 Å². The van der Waals surface area contributed by atoms with Gasteiger partial charge in [0, 0.05) is 12.0 Å². The molecule has 94 valence electrons. The van der Waals surface area contributed by atoms with Crippen LogP contribution in [-0.2, 0) is 11.2 Å². The monoisotopic (exact) mass is 243 g/mol. The first kappa shape index (κ1) is 12.4. The quantitative estimate of drug-likeness (QED) is 0.848. The van der Waals surface area contributed by atoms with Gasteiger partial charge in [-0.25, -0.2) is 0 Å². The second kappa shape index (κ2) is 6.00. The van der Waals surface area contributed by atoms with Crippen molar-refractivity contribution in [3.05, 3.63) is 47.7 Å². The van der Waals surface area contributed by atoms with E-state index in [2.05, 4.69) is 27.6 Å². The molecule has 4 nitrogen and oxygen atoms in total. The van der Waals surface area contributed by atoms with E-state index in [0.29, 0.717) is 12.2 Å². The van der Waals surface area contributed by atoms with E-state index in [1.807, 2.05) is 25.1 Å². The standard InChI is InChI=1S/C14H17N3O/c1-11-10-15-17-14(11)16-13(18)9-5-8-12-6-3-2-4-7-12/h2-4,6-7,10H,5,8-9H2,1H3,(H2,15,16,17,18). The predicted octanol–water partition coefficient (Wildman–Crippen LogP) is 2.68. The highest BCUT2D eigenvalue weighted by Crippen LogP contribution is 2.10. The van der Waals surface area contributed by atoms with Gasteiger partial charge in [0.25, 0.3) is 0 Å². The Balaban J connectivity index is 1.74. The minimum absolute atomic E-state index is 0.0262. The van der Waals surface area contributed by atoms with Gasteiger partial charge in [0.2, 0.25) is 5.91 Å². The molecule has 0 aliphatic carbocycles. The van der Waals surface area contributed by atoms with Crippen molar-refractivity contribution in [2.45, 2.75) is 26.2 Å². The summed E-state index contributed by atoms with van der Waals surface area (Å²) >= 11 is 0. The van der Waals surface area contributed by atoms with Gasteiger partial charge >= 0.3 is 0 Å². The lowest BCUT2D eigenvalue weighted by Crippen LogP contribution is -2.12. The van der Waals surface area contributed by atoms with Crippen molar-refractivity contribution in [2.24, 2.45) is 0 Å². The smallest absolute Gasteiger partial charge is 0.225 e. The van der Waals surface area contributed by atoms with Crippen LogP contribution in [0.25, 0.3) is 0 Å². The molecule has 1 amide bonds. The minimum Gasteiger partial charge on any atom is -0.311 e. The summed E-state index contributed by atoms with van der Waals surface area (Å²) in [5, 5.41) is 9.44. The molecule has 1 aromatic heterocycles. The van der Waals surface area contributed by atoms with E-state index in [-0.39, 0.29) is 5.91 Å². The van der Waals surface area contributed by atoms with E-state index in [4.69, 9.17) is 0 Å². The van der Waals surface area contributed by atoms with Gasteiger partial charge in [0.15, 0.2) is 0 Å².